The lowest BCUT2D eigenvalue weighted by Gasteiger charge is -2.37. The molecular formula is C17H22ClNOS2. The molecule has 1 atom stereocenters. The molecule has 0 unspecified atom stereocenters. The summed E-state index contributed by atoms with van der Waals surface area (Å²) in [5, 5.41) is 0.648. The number of ketones is 1. The highest BCUT2D eigenvalue weighted by Crippen LogP contribution is 2.27. The number of rotatable bonds is 3. The Labute approximate surface area is 146 Å². The second-order valence-electron chi connectivity index (χ2n) is 6.01. The molecule has 2 nitrogen and oxygen atoms in total. The van der Waals surface area contributed by atoms with Gasteiger partial charge in [0.15, 0.2) is 5.78 Å². The van der Waals surface area contributed by atoms with Crippen molar-refractivity contribution in [2.45, 2.75) is 18.9 Å². The second kappa shape index (κ2) is 8.09. The molecule has 2 aliphatic heterocycles. The molecule has 0 saturated carbocycles. The Balaban J connectivity index is 1.65. The van der Waals surface area contributed by atoms with Gasteiger partial charge >= 0.3 is 0 Å². The van der Waals surface area contributed by atoms with Crippen molar-refractivity contribution in [1.82, 2.24) is 4.90 Å². The highest BCUT2D eigenvalue weighted by Gasteiger charge is 2.30. The SMILES string of the molecule is O=C(c1cccc(Cl)c1)[C@H]1CCCN(C2CSCCSC2)C1. The Morgan fingerprint density at radius 2 is 2.00 bits per heavy atom. The maximum absolute atomic E-state index is 12.8. The van der Waals surface area contributed by atoms with E-state index in [1.807, 2.05) is 18.2 Å². The summed E-state index contributed by atoms with van der Waals surface area (Å²) in [6.07, 6.45) is 2.14. The number of Topliss-reactive ketones (excluding diaryl/α,β-unsaturated/α-hetero) is 1. The molecule has 0 aliphatic carbocycles. The predicted molar refractivity (Wildman–Crippen MR) is 98.5 cm³/mol. The van der Waals surface area contributed by atoms with Gasteiger partial charge in [-0.1, -0.05) is 23.7 Å². The zero-order valence-corrected chi connectivity index (χ0v) is 15.1. The van der Waals surface area contributed by atoms with E-state index in [-0.39, 0.29) is 11.7 Å². The van der Waals surface area contributed by atoms with Crippen LogP contribution < -0.4 is 0 Å². The highest BCUT2D eigenvalue weighted by atomic mass is 35.5. The van der Waals surface area contributed by atoms with Crippen LogP contribution in [0.2, 0.25) is 5.02 Å². The molecule has 2 heterocycles. The Kier molecular flexibility index (Phi) is 6.14. The van der Waals surface area contributed by atoms with E-state index < -0.39 is 0 Å². The van der Waals surface area contributed by atoms with Crippen LogP contribution in [0.3, 0.4) is 0 Å². The zero-order valence-electron chi connectivity index (χ0n) is 12.7. The topological polar surface area (TPSA) is 20.3 Å². The van der Waals surface area contributed by atoms with Crippen molar-refractivity contribution in [3.63, 3.8) is 0 Å². The minimum absolute atomic E-state index is 0.130. The maximum Gasteiger partial charge on any atom is 0.167 e. The molecule has 5 heteroatoms. The van der Waals surface area contributed by atoms with Crippen LogP contribution in [0.5, 0.6) is 0 Å². The zero-order chi connectivity index (χ0) is 15.4. The third kappa shape index (κ3) is 4.22. The molecule has 0 amide bonds. The van der Waals surface area contributed by atoms with Crippen LogP contribution in [0.4, 0.5) is 0 Å². The Bertz CT molecular complexity index is 517. The van der Waals surface area contributed by atoms with Crippen LogP contribution in [0.25, 0.3) is 0 Å². The van der Waals surface area contributed by atoms with Crippen molar-refractivity contribution in [2.75, 3.05) is 36.1 Å². The van der Waals surface area contributed by atoms with Crippen molar-refractivity contribution in [1.29, 1.82) is 0 Å². The number of hydrogen-bond donors (Lipinski definition) is 0. The second-order valence-corrected chi connectivity index (χ2v) is 8.75. The van der Waals surface area contributed by atoms with Gasteiger partial charge in [0.05, 0.1) is 0 Å². The largest absolute Gasteiger partial charge is 0.298 e. The number of thioether (sulfide) groups is 2. The van der Waals surface area contributed by atoms with E-state index in [0.717, 1.165) is 31.5 Å². The molecule has 0 aromatic heterocycles. The number of hydrogen-bond acceptors (Lipinski definition) is 4. The summed E-state index contributed by atoms with van der Waals surface area (Å²) in [7, 11) is 0. The van der Waals surface area contributed by atoms with E-state index in [1.165, 1.54) is 23.0 Å². The smallest absolute Gasteiger partial charge is 0.167 e. The summed E-state index contributed by atoms with van der Waals surface area (Å²) < 4.78 is 0. The van der Waals surface area contributed by atoms with Gasteiger partial charge in [-0.25, -0.2) is 0 Å². The van der Waals surface area contributed by atoms with Gasteiger partial charge in [0.1, 0.15) is 0 Å². The summed E-state index contributed by atoms with van der Waals surface area (Å²) in [5.74, 6) is 5.35. The average molecular weight is 356 g/mol. The van der Waals surface area contributed by atoms with Gasteiger partial charge in [-0.15, -0.1) is 0 Å². The molecule has 120 valence electrons. The highest BCUT2D eigenvalue weighted by molar-refractivity contribution is 8.03. The summed E-state index contributed by atoms with van der Waals surface area (Å²) in [6, 6.07) is 8.03. The van der Waals surface area contributed by atoms with E-state index in [9.17, 15) is 4.79 Å². The number of likely N-dealkylation sites (tertiary alicyclic amines) is 1. The van der Waals surface area contributed by atoms with E-state index in [4.69, 9.17) is 11.6 Å². The molecule has 2 aliphatic rings. The Morgan fingerprint density at radius 1 is 1.23 bits per heavy atom. The number of piperidine rings is 1. The number of carbonyl (C=O) groups excluding carboxylic acids is 1. The average Bonchev–Trinajstić information content (AvgIpc) is 2.83. The number of nitrogens with zero attached hydrogens (tertiary/aromatic N) is 1. The quantitative estimate of drug-likeness (QED) is 0.761. The Morgan fingerprint density at radius 3 is 2.73 bits per heavy atom. The van der Waals surface area contributed by atoms with E-state index >= 15 is 0 Å². The molecule has 0 N–H and O–H groups in total. The van der Waals surface area contributed by atoms with Crippen LogP contribution in [-0.2, 0) is 0 Å². The number of halogens is 1. The van der Waals surface area contributed by atoms with Crippen molar-refractivity contribution in [3.05, 3.63) is 34.9 Å². The van der Waals surface area contributed by atoms with E-state index in [1.54, 1.807) is 6.07 Å². The van der Waals surface area contributed by atoms with Crippen LogP contribution in [0.1, 0.15) is 23.2 Å². The third-order valence-electron chi connectivity index (χ3n) is 4.44. The predicted octanol–water partition coefficient (Wildman–Crippen LogP) is 4.08. The number of carbonyl (C=O) groups is 1. The molecule has 0 radical (unpaired) electrons. The van der Waals surface area contributed by atoms with Gasteiger partial charge in [-0.3, -0.25) is 9.69 Å². The van der Waals surface area contributed by atoms with Crippen LogP contribution in [-0.4, -0.2) is 52.8 Å². The minimum atomic E-state index is 0.130. The lowest BCUT2D eigenvalue weighted by Crippen LogP contribution is -2.46. The van der Waals surface area contributed by atoms with Crippen LogP contribution in [0, 0.1) is 5.92 Å². The first-order valence-corrected chi connectivity index (χ1v) is 10.6. The molecule has 1 aromatic carbocycles. The first-order valence-electron chi connectivity index (χ1n) is 7.93. The standard InChI is InChI=1S/C17H22ClNOS2/c18-15-5-1-3-13(9-15)17(20)14-4-2-6-19(10-14)16-11-21-7-8-22-12-16/h1,3,5,9,14,16H,2,4,6-8,10-12H2/t14-/m0/s1. The first-order chi connectivity index (χ1) is 10.7. The van der Waals surface area contributed by atoms with Gasteiger partial charge in [0.2, 0.25) is 0 Å². The van der Waals surface area contributed by atoms with E-state index in [0.29, 0.717) is 11.1 Å². The number of benzene rings is 1. The molecule has 0 spiro atoms. The molecule has 2 saturated heterocycles. The summed E-state index contributed by atoms with van der Waals surface area (Å²) in [4.78, 5) is 15.3. The summed E-state index contributed by atoms with van der Waals surface area (Å²) >= 11 is 10.1. The van der Waals surface area contributed by atoms with Crippen LogP contribution >= 0.6 is 35.1 Å². The van der Waals surface area contributed by atoms with Gasteiger partial charge in [0.25, 0.3) is 0 Å². The maximum atomic E-state index is 12.8. The molecule has 0 bridgehead atoms. The van der Waals surface area contributed by atoms with Crippen molar-refractivity contribution in [2.24, 2.45) is 5.92 Å². The fourth-order valence-electron chi connectivity index (χ4n) is 3.25. The molecule has 2 fully saturated rings. The molecule has 3 rings (SSSR count). The lowest BCUT2D eigenvalue weighted by molar-refractivity contribution is 0.0787. The summed E-state index contributed by atoms with van der Waals surface area (Å²) in [5.41, 5.74) is 0.768. The summed E-state index contributed by atoms with van der Waals surface area (Å²) in [6.45, 7) is 2.06. The van der Waals surface area contributed by atoms with E-state index in [2.05, 4.69) is 28.4 Å². The lowest BCUT2D eigenvalue weighted by atomic mass is 9.89. The van der Waals surface area contributed by atoms with Crippen molar-refractivity contribution >= 4 is 40.9 Å². The van der Waals surface area contributed by atoms with Gasteiger partial charge in [-0.05, 0) is 31.5 Å². The molecule has 1 aromatic rings. The fraction of sp³-hybridized carbons (Fsp3) is 0.588. The van der Waals surface area contributed by atoms with Gasteiger partial charge in [-0.2, -0.15) is 23.5 Å². The van der Waals surface area contributed by atoms with Crippen molar-refractivity contribution in [3.8, 4) is 0 Å². The monoisotopic (exact) mass is 355 g/mol. The Hall–Kier alpha value is -0.160. The van der Waals surface area contributed by atoms with Gasteiger partial charge in [0, 0.05) is 52.1 Å². The van der Waals surface area contributed by atoms with Crippen LogP contribution in [0.15, 0.2) is 24.3 Å². The molecule has 22 heavy (non-hydrogen) atoms. The first kappa shape index (κ1) is 16.7. The third-order valence-corrected chi connectivity index (χ3v) is 7.16. The van der Waals surface area contributed by atoms with Crippen molar-refractivity contribution < 1.29 is 4.79 Å². The fourth-order valence-corrected chi connectivity index (χ4v) is 6.06. The van der Waals surface area contributed by atoms with Gasteiger partial charge < -0.3 is 0 Å². The minimum Gasteiger partial charge on any atom is -0.298 e. The molecular weight excluding hydrogens is 334 g/mol. The normalized spacial score (nSPS) is 24.9.